The lowest BCUT2D eigenvalue weighted by Crippen LogP contribution is -2.09. The third-order valence-corrected chi connectivity index (χ3v) is 3.51. The summed E-state index contributed by atoms with van der Waals surface area (Å²) in [5.41, 5.74) is 1.21. The number of aromatic nitrogens is 2. The summed E-state index contributed by atoms with van der Waals surface area (Å²) >= 11 is 0. The molecule has 3 aromatic rings. The number of methoxy groups -OCH3 is 1. The van der Waals surface area contributed by atoms with Gasteiger partial charge in [0.1, 0.15) is 17.3 Å². The molecule has 24 heavy (non-hydrogen) atoms. The molecule has 2 aromatic heterocycles. The molecule has 3 rings (SSSR count). The van der Waals surface area contributed by atoms with Gasteiger partial charge in [0.15, 0.2) is 0 Å². The maximum absolute atomic E-state index is 5.27. The van der Waals surface area contributed by atoms with Crippen molar-refractivity contribution in [2.24, 2.45) is 0 Å². The Morgan fingerprint density at radius 1 is 1.12 bits per heavy atom. The van der Waals surface area contributed by atoms with Gasteiger partial charge in [-0.3, -0.25) is 0 Å². The van der Waals surface area contributed by atoms with Crippen LogP contribution in [0.25, 0.3) is 0 Å². The van der Waals surface area contributed by atoms with Gasteiger partial charge in [-0.15, -0.1) is 0 Å². The minimum Gasteiger partial charge on any atom is -0.497 e. The maximum Gasteiger partial charge on any atom is 0.224 e. The predicted molar refractivity (Wildman–Crippen MR) is 93.3 cm³/mol. The minimum absolute atomic E-state index is 0.556. The van der Waals surface area contributed by atoms with Crippen LogP contribution >= 0.6 is 0 Å². The standard InChI is InChI=1S/C18H20N4O2/c1-23-15-5-2-4-14(12-15)7-9-19-17-8-10-20-18(22-17)21-13-16-6-3-11-24-16/h2-6,8,10-12H,7,9,13H2,1H3,(H2,19,20,21,22). The van der Waals surface area contributed by atoms with Gasteiger partial charge in [-0.05, 0) is 42.3 Å². The first kappa shape index (κ1) is 15.9. The average Bonchev–Trinajstić information content (AvgIpc) is 3.14. The first-order valence-electron chi connectivity index (χ1n) is 7.79. The van der Waals surface area contributed by atoms with Crippen LogP contribution in [0.15, 0.2) is 59.3 Å². The minimum atomic E-state index is 0.556. The van der Waals surface area contributed by atoms with Gasteiger partial charge in [-0.1, -0.05) is 12.1 Å². The zero-order valence-electron chi connectivity index (χ0n) is 13.5. The number of anilines is 2. The molecule has 0 aliphatic heterocycles. The van der Waals surface area contributed by atoms with Crippen LogP contribution in [0.4, 0.5) is 11.8 Å². The van der Waals surface area contributed by atoms with E-state index in [1.165, 1.54) is 5.56 Å². The van der Waals surface area contributed by atoms with Crippen LogP contribution in [0.5, 0.6) is 5.75 Å². The van der Waals surface area contributed by atoms with E-state index in [4.69, 9.17) is 9.15 Å². The van der Waals surface area contributed by atoms with Crippen molar-refractivity contribution in [2.45, 2.75) is 13.0 Å². The van der Waals surface area contributed by atoms with Crippen molar-refractivity contribution in [3.05, 3.63) is 66.2 Å². The summed E-state index contributed by atoms with van der Waals surface area (Å²) in [5.74, 6) is 3.07. The normalized spacial score (nSPS) is 10.4. The van der Waals surface area contributed by atoms with Crippen LogP contribution in [0.3, 0.4) is 0 Å². The highest BCUT2D eigenvalue weighted by atomic mass is 16.5. The number of hydrogen-bond donors (Lipinski definition) is 2. The molecule has 0 amide bonds. The maximum atomic E-state index is 5.27. The molecule has 1 aromatic carbocycles. The summed E-state index contributed by atoms with van der Waals surface area (Å²) in [4.78, 5) is 8.64. The Labute approximate surface area is 140 Å². The molecule has 0 aliphatic rings. The zero-order valence-corrected chi connectivity index (χ0v) is 13.5. The van der Waals surface area contributed by atoms with Crippen LogP contribution in [0, 0.1) is 0 Å². The Kier molecular flexibility index (Phi) is 5.29. The van der Waals surface area contributed by atoms with Crippen LogP contribution in [0.1, 0.15) is 11.3 Å². The lowest BCUT2D eigenvalue weighted by molar-refractivity contribution is 0.414. The second-order valence-electron chi connectivity index (χ2n) is 5.23. The van der Waals surface area contributed by atoms with Crippen molar-refractivity contribution < 1.29 is 9.15 Å². The van der Waals surface area contributed by atoms with Gasteiger partial charge < -0.3 is 19.8 Å². The lowest BCUT2D eigenvalue weighted by Gasteiger charge is -2.08. The van der Waals surface area contributed by atoms with E-state index in [-0.39, 0.29) is 0 Å². The number of ether oxygens (including phenoxy) is 1. The quantitative estimate of drug-likeness (QED) is 0.662. The third-order valence-electron chi connectivity index (χ3n) is 3.51. The van der Waals surface area contributed by atoms with Crippen molar-refractivity contribution >= 4 is 11.8 Å². The topological polar surface area (TPSA) is 72.2 Å². The molecule has 2 N–H and O–H groups in total. The number of benzene rings is 1. The van der Waals surface area contributed by atoms with Crippen LogP contribution in [0.2, 0.25) is 0 Å². The van der Waals surface area contributed by atoms with Gasteiger partial charge in [0, 0.05) is 12.7 Å². The molecule has 0 saturated heterocycles. The Bertz CT molecular complexity index is 759. The molecule has 124 valence electrons. The molecule has 0 atom stereocenters. The summed E-state index contributed by atoms with van der Waals surface area (Å²) in [7, 11) is 1.68. The fraction of sp³-hybridized carbons (Fsp3) is 0.222. The smallest absolute Gasteiger partial charge is 0.224 e. The number of rotatable bonds is 8. The predicted octanol–water partition coefficient (Wildman–Crippen LogP) is 3.34. The molecule has 2 heterocycles. The first-order chi connectivity index (χ1) is 11.8. The van der Waals surface area contributed by atoms with Gasteiger partial charge in [0.2, 0.25) is 5.95 Å². The molecule has 0 radical (unpaired) electrons. The fourth-order valence-electron chi connectivity index (χ4n) is 2.28. The van der Waals surface area contributed by atoms with Crippen molar-refractivity contribution in [3.8, 4) is 5.75 Å². The number of nitrogens with zero attached hydrogens (tertiary/aromatic N) is 2. The zero-order chi connectivity index (χ0) is 16.6. The van der Waals surface area contributed by atoms with Gasteiger partial charge in [-0.2, -0.15) is 4.98 Å². The van der Waals surface area contributed by atoms with E-state index in [1.54, 1.807) is 19.6 Å². The molecular formula is C18H20N4O2. The highest BCUT2D eigenvalue weighted by Gasteiger charge is 2.01. The van der Waals surface area contributed by atoms with Crippen molar-refractivity contribution in [3.63, 3.8) is 0 Å². The SMILES string of the molecule is COc1cccc(CCNc2ccnc(NCc3ccco3)n2)c1. The Balaban J connectivity index is 1.50. The number of hydrogen-bond acceptors (Lipinski definition) is 6. The molecular weight excluding hydrogens is 304 g/mol. The highest BCUT2D eigenvalue weighted by molar-refractivity contribution is 5.40. The molecule has 0 bridgehead atoms. The highest BCUT2D eigenvalue weighted by Crippen LogP contribution is 2.13. The molecule has 0 saturated carbocycles. The van der Waals surface area contributed by atoms with E-state index in [0.29, 0.717) is 12.5 Å². The summed E-state index contributed by atoms with van der Waals surface area (Å²) in [6.45, 7) is 1.34. The van der Waals surface area contributed by atoms with E-state index >= 15 is 0 Å². The largest absolute Gasteiger partial charge is 0.497 e. The Morgan fingerprint density at radius 3 is 2.92 bits per heavy atom. The molecule has 6 nitrogen and oxygen atoms in total. The number of nitrogens with one attached hydrogen (secondary N) is 2. The van der Waals surface area contributed by atoms with Crippen LogP contribution in [-0.2, 0) is 13.0 Å². The van der Waals surface area contributed by atoms with Gasteiger partial charge in [0.05, 0.1) is 19.9 Å². The van der Waals surface area contributed by atoms with E-state index in [1.807, 2.05) is 36.4 Å². The third kappa shape index (κ3) is 4.49. The van der Waals surface area contributed by atoms with E-state index in [2.05, 4.69) is 26.7 Å². The van der Waals surface area contributed by atoms with Gasteiger partial charge in [0.25, 0.3) is 0 Å². The van der Waals surface area contributed by atoms with Crippen LogP contribution in [-0.4, -0.2) is 23.6 Å². The first-order valence-corrected chi connectivity index (χ1v) is 7.79. The molecule has 0 aliphatic carbocycles. The summed E-state index contributed by atoms with van der Waals surface area (Å²) < 4.78 is 10.5. The Morgan fingerprint density at radius 2 is 2.08 bits per heavy atom. The summed E-state index contributed by atoms with van der Waals surface area (Å²) in [6.07, 6.45) is 4.26. The fourth-order valence-corrected chi connectivity index (χ4v) is 2.28. The van der Waals surface area contributed by atoms with Crippen molar-refractivity contribution in [1.82, 2.24) is 9.97 Å². The summed E-state index contributed by atoms with van der Waals surface area (Å²) in [5, 5.41) is 6.45. The lowest BCUT2D eigenvalue weighted by atomic mass is 10.1. The molecule has 0 spiro atoms. The molecule has 0 unspecified atom stereocenters. The van der Waals surface area contributed by atoms with Gasteiger partial charge >= 0.3 is 0 Å². The van der Waals surface area contributed by atoms with Crippen molar-refractivity contribution in [1.29, 1.82) is 0 Å². The second-order valence-corrected chi connectivity index (χ2v) is 5.23. The Hall–Kier alpha value is -3.02. The monoisotopic (exact) mass is 324 g/mol. The van der Waals surface area contributed by atoms with E-state index in [9.17, 15) is 0 Å². The average molecular weight is 324 g/mol. The second kappa shape index (κ2) is 8.01. The molecule has 0 fully saturated rings. The molecule has 6 heteroatoms. The number of furan rings is 1. The van der Waals surface area contributed by atoms with E-state index < -0.39 is 0 Å². The van der Waals surface area contributed by atoms with E-state index in [0.717, 1.165) is 30.3 Å². The van der Waals surface area contributed by atoms with Gasteiger partial charge in [-0.25, -0.2) is 4.98 Å². The van der Waals surface area contributed by atoms with Crippen LogP contribution < -0.4 is 15.4 Å². The summed E-state index contributed by atoms with van der Waals surface area (Å²) in [6, 6.07) is 13.7. The van der Waals surface area contributed by atoms with Crippen molar-refractivity contribution in [2.75, 3.05) is 24.3 Å².